The van der Waals surface area contributed by atoms with Crippen LogP contribution < -0.4 is 0 Å². The number of tetrazole rings is 1. The lowest BCUT2D eigenvalue weighted by atomic mass is 10.1. The largest absolute Gasteiger partial charge is 0.480 e. The molecular weight excluding hydrogens is 466 g/mol. The topological polar surface area (TPSA) is 118 Å². The molecule has 1 aromatic heterocycles. The van der Waals surface area contributed by atoms with Crippen LogP contribution in [0, 0.1) is 0 Å². The summed E-state index contributed by atoms with van der Waals surface area (Å²) >= 11 is 0. The van der Waals surface area contributed by atoms with Crippen LogP contribution in [0.1, 0.15) is 23.5 Å². The minimum atomic E-state index is -4.18. The van der Waals surface area contributed by atoms with Gasteiger partial charge in [-0.1, -0.05) is 60.7 Å². The Morgan fingerprint density at radius 2 is 1.66 bits per heavy atom. The number of aryl methyl sites for hydroxylation is 1. The van der Waals surface area contributed by atoms with Gasteiger partial charge in [0.05, 0.1) is 11.9 Å². The van der Waals surface area contributed by atoms with Crippen LogP contribution in [0.3, 0.4) is 0 Å². The fourth-order valence-corrected chi connectivity index (χ4v) is 6.20. The summed E-state index contributed by atoms with van der Waals surface area (Å²) in [6.07, 6.45) is 0.194. The molecule has 9 nitrogen and oxygen atoms in total. The summed E-state index contributed by atoms with van der Waals surface area (Å²) in [5.41, 5.74) is 0.525. The van der Waals surface area contributed by atoms with Crippen LogP contribution in [-0.2, 0) is 28.4 Å². The number of carboxylic acid groups (broad SMARTS) is 1. The molecule has 0 amide bonds. The van der Waals surface area contributed by atoms with E-state index in [4.69, 9.17) is 0 Å². The second-order valence-corrected chi connectivity index (χ2v) is 10.4. The zero-order valence-electron chi connectivity index (χ0n) is 18.9. The number of aromatic nitrogens is 4. The average Bonchev–Trinajstić information content (AvgIpc) is 3.49. The number of rotatable bonds is 8. The van der Waals surface area contributed by atoms with Crippen molar-refractivity contribution in [3.05, 3.63) is 96.1 Å². The highest BCUT2D eigenvalue weighted by Crippen LogP contribution is 2.57. The summed E-state index contributed by atoms with van der Waals surface area (Å²) in [4.78, 5) is 14.0. The molecule has 1 aliphatic carbocycles. The van der Waals surface area contributed by atoms with Crippen LogP contribution in [0.25, 0.3) is 11.4 Å². The summed E-state index contributed by atoms with van der Waals surface area (Å²) in [6, 6.07) is 24.3. The zero-order chi connectivity index (χ0) is 24.6. The van der Waals surface area contributed by atoms with Gasteiger partial charge in [0.15, 0.2) is 0 Å². The van der Waals surface area contributed by atoms with E-state index < -0.39 is 27.4 Å². The van der Waals surface area contributed by atoms with Crippen molar-refractivity contribution >= 4 is 16.0 Å². The lowest BCUT2D eigenvalue weighted by Crippen LogP contribution is -2.48. The van der Waals surface area contributed by atoms with Gasteiger partial charge in [0.25, 0.3) is 0 Å². The number of hydrogen-bond acceptors (Lipinski definition) is 6. The van der Waals surface area contributed by atoms with E-state index in [0.29, 0.717) is 17.0 Å². The summed E-state index contributed by atoms with van der Waals surface area (Å²) in [7, 11) is -2.54. The maximum absolute atomic E-state index is 14.0. The first kappa shape index (κ1) is 22.9. The van der Waals surface area contributed by atoms with Gasteiger partial charge < -0.3 is 5.11 Å². The van der Waals surface area contributed by atoms with E-state index >= 15 is 0 Å². The van der Waals surface area contributed by atoms with Gasteiger partial charge in [-0.05, 0) is 47.0 Å². The van der Waals surface area contributed by atoms with Gasteiger partial charge in [0.2, 0.25) is 15.8 Å². The van der Waals surface area contributed by atoms with Gasteiger partial charge in [-0.25, -0.2) is 8.42 Å². The van der Waals surface area contributed by atoms with Crippen molar-refractivity contribution in [2.75, 3.05) is 0 Å². The predicted octanol–water partition coefficient (Wildman–Crippen LogP) is 3.08. The van der Waals surface area contributed by atoms with Gasteiger partial charge in [-0.3, -0.25) is 4.79 Å². The van der Waals surface area contributed by atoms with Gasteiger partial charge in [-0.2, -0.15) is 9.10 Å². The number of hydrogen-bond donors (Lipinski definition) is 1. The highest BCUT2D eigenvalue weighted by molar-refractivity contribution is 7.89. The van der Waals surface area contributed by atoms with Crippen molar-refractivity contribution in [2.24, 2.45) is 7.05 Å². The molecule has 0 spiro atoms. The molecule has 3 aromatic carbocycles. The number of nitrogens with zero attached hydrogens (tertiary/aromatic N) is 5. The van der Waals surface area contributed by atoms with E-state index in [2.05, 4.69) is 15.4 Å². The van der Waals surface area contributed by atoms with E-state index in [-0.39, 0.29) is 17.9 Å². The van der Waals surface area contributed by atoms with E-state index in [1.165, 1.54) is 16.9 Å². The Morgan fingerprint density at radius 3 is 2.23 bits per heavy atom. The number of carboxylic acids is 1. The third-order valence-electron chi connectivity index (χ3n) is 6.33. The number of sulfonamides is 1. The van der Waals surface area contributed by atoms with E-state index in [1.54, 1.807) is 43.4 Å². The number of carbonyl (C=O) groups is 1. The third kappa shape index (κ3) is 4.11. The fraction of sp³-hybridized carbons (Fsp3) is 0.200. The maximum Gasteiger partial charge on any atom is 0.325 e. The van der Waals surface area contributed by atoms with Gasteiger partial charge in [0, 0.05) is 18.0 Å². The molecule has 0 aliphatic heterocycles. The molecule has 0 bridgehead atoms. The summed E-state index contributed by atoms with van der Waals surface area (Å²) in [5, 5.41) is 22.2. The Bertz CT molecular complexity index is 1460. The van der Waals surface area contributed by atoms with Crippen LogP contribution in [0.5, 0.6) is 0 Å². The Morgan fingerprint density at radius 1 is 1.03 bits per heavy atom. The third-order valence-corrected chi connectivity index (χ3v) is 8.23. The molecule has 4 aromatic rings. The van der Waals surface area contributed by atoms with Gasteiger partial charge in [-0.15, -0.1) is 10.2 Å². The highest BCUT2D eigenvalue weighted by atomic mass is 32.2. The molecule has 1 fully saturated rings. The van der Waals surface area contributed by atoms with Crippen LogP contribution in [0.2, 0.25) is 0 Å². The average molecular weight is 490 g/mol. The summed E-state index contributed by atoms with van der Waals surface area (Å²) in [5.74, 6) is -1.25. The summed E-state index contributed by atoms with van der Waals surface area (Å²) in [6.45, 7) is -0.0632. The molecule has 0 saturated heterocycles. The van der Waals surface area contributed by atoms with Crippen molar-refractivity contribution in [2.45, 2.75) is 29.3 Å². The first-order valence-corrected chi connectivity index (χ1v) is 12.5. The van der Waals surface area contributed by atoms with Crippen molar-refractivity contribution in [1.29, 1.82) is 0 Å². The van der Waals surface area contributed by atoms with Crippen molar-refractivity contribution in [3.8, 4) is 11.4 Å². The first-order valence-electron chi connectivity index (χ1n) is 11.0. The Balaban J connectivity index is 1.57. The predicted molar refractivity (Wildman–Crippen MR) is 128 cm³/mol. The molecule has 35 heavy (non-hydrogen) atoms. The molecule has 2 atom stereocenters. The Kier molecular flexibility index (Phi) is 5.70. The lowest BCUT2D eigenvalue weighted by molar-refractivity contribution is -0.143. The molecule has 0 radical (unpaired) electrons. The normalized spacial score (nSPS) is 19.5. The molecular formula is C25H23N5O4S. The second kappa shape index (κ2) is 8.71. The van der Waals surface area contributed by atoms with Crippen LogP contribution >= 0.6 is 0 Å². The SMILES string of the molecule is Cn1nnc(-c2ccc(S(=O)(=O)N(Cc3ccccc3)C3(C(=O)O)CC3c3ccccc3)cc2)n1. The van der Waals surface area contributed by atoms with Gasteiger partial charge >= 0.3 is 5.97 Å². The monoisotopic (exact) mass is 489 g/mol. The molecule has 1 N–H and O–H groups in total. The standard InChI is InChI=1S/C25H23N5O4S/c1-29-27-23(26-28-29)20-12-14-21(15-13-20)35(33,34)30(17-18-8-4-2-5-9-18)25(24(31)32)16-22(25)19-10-6-3-7-11-19/h2-15,22H,16-17H2,1H3,(H,31,32). The Hall–Kier alpha value is -3.89. The molecule has 1 heterocycles. The van der Waals surface area contributed by atoms with Crippen molar-refractivity contribution < 1.29 is 18.3 Å². The highest BCUT2D eigenvalue weighted by Gasteiger charge is 2.67. The minimum Gasteiger partial charge on any atom is -0.480 e. The number of benzene rings is 3. The molecule has 10 heteroatoms. The van der Waals surface area contributed by atoms with E-state index in [1.807, 2.05) is 36.4 Å². The number of aliphatic carboxylic acids is 1. The van der Waals surface area contributed by atoms with Crippen molar-refractivity contribution in [3.63, 3.8) is 0 Å². The molecule has 5 rings (SSSR count). The molecule has 1 saturated carbocycles. The molecule has 2 unspecified atom stereocenters. The minimum absolute atomic E-state index is 0.000378. The maximum atomic E-state index is 14.0. The summed E-state index contributed by atoms with van der Waals surface area (Å²) < 4.78 is 29.1. The zero-order valence-corrected chi connectivity index (χ0v) is 19.7. The second-order valence-electron chi connectivity index (χ2n) is 8.52. The van der Waals surface area contributed by atoms with Crippen LogP contribution in [0.15, 0.2) is 89.8 Å². The Labute approximate surface area is 202 Å². The smallest absolute Gasteiger partial charge is 0.325 e. The van der Waals surface area contributed by atoms with Crippen molar-refractivity contribution in [1.82, 2.24) is 24.5 Å². The fourth-order valence-electron chi connectivity index (χ4n) is 4.44. The first-order chi connectivity index (χ1) is 16.8. The molecule has 1 aliphatic rings. The van der Waals surface area contributed by atoms with E-state index in [9.17, 15) is 18.3 Å². The van der Waals surface area contributed by atoms with Gasteiger partial charge in [0.1, 0.15) is 5.54 Å². The lowest BCUT2D eigenvalue weighted by Gasteiger charge is -2.29. The van der Waals surface area contributed by atoms with Crippen LogP contribution in [0.4, 0.5) is 0 Å². The quantitative estimate of drug-likeness (QED) is 0.404. The van der Waals surface area contributed by atoms with E-state index in [0.717, 1.165) is 9.87 Å². The molecule has 178 valence electrons. The van der Waals surface area contributed by atoms with Crippen LogP contribution in [-0.4, -0.2) is 49.5 Å².